The number of carbonyl (C=O) groups is 1. The van der Waals surface area contributed by atoms with Crippen LogP contribution in [0.3, 0.4) is 0 Å². The zero-order valence-corrected chi connectivity index (χ0v) is 12.3. The molecule has 1 aromatic heterocycles. The van der Waals surface area contributed by atoms with Crippen LogP contribution in [0, 0.1) is 0 Å². The van der Waals surface area contributed by atoms with Crippen LogP contribution in [-0.2, 0) is 13.5 Å². The number of aryl methyl sites for hydroxylation is 1. The lowest BCUT2D eigenvalue weighted by Gasteiger charge is -2.24. The van der Waals surface area contributed by atoms with Gasteiger partial charge in [0.1, 0.15) is 0 Å². The first-order valence-electron chi connectivity index (χ1n) is 6.86. The van der Waals surface area contributed by atoms with E-state index in [9.17, 15) is 4.79 Å². The van der Waals surface area contributed by atoms with Gasteiger partial charge >= 0.3 is 5.97 Å². The molecule has 0 spiro atoms. The zero-order valence-electron chi connectivity index (χ0n) is 12.3. The van der Waals surface area contributed by atoms with E-state index >= 15 is 0 Å². The van der Waals surface area contributed by atoms with Gasteiger partial charge in [-0.15, -0.1) is 0 Å². The van der Waals surface area contributed by atoms with Crippen LogP contribution >= 0.6 is 0 Å². The van der Waals surface area contributed by atoms with Crippen LogP contribution in [0.1, 0.15) is 22.8 Å². The Bertz CT molecular complexity index is 636. The lowest BCUT2D eigenvalue weighted by atomic mass is 10.1. The summed E-state index contributed by atoms with van der Waals surface area (Å²) in [5, 5.41) is 13.1. The Balaban J connectivity index is 2.11. The number of hydrogen-bond donors (Lipinski definition) is 2. The molecule has 3 N–H and O–H groups in total. The fourth-order valence-corrected chi connectivity index (χ4v) is 2.29. The van der Waals surface area contributed by atoms with Crippen LogP contribution in [0.15, 0.2) is 30.6 Å². The number of nitrogen functional groups attached to an aromatic ring is 1. The molecule has 0 saturated carbocycles. The predicted octanol–water partition coefficient (Wildman–Crippen LogP) is 1.77. The maximum atomic E-state index is 10.9. The van der Waals surface area contributed by atoms with E-state index in [1.807, 2.05) is 26.4 Å². The molecule has 0 aliphatic heterocycles. The number of aromatic carboxylic acids is 1. The number of nitrogens with two attached hydrogens (primary N) is 1. The molecule has 0 aliphatic rings. The van der Waals surface area contributed by atoms with Crippen molar-refractivity contribution in [2.45, 2.75) is 13.3 Å². The van der Waals surface area contributed by atoms with Crippen molar-refractivity contribution in [3.05, 3.63) is 41.7 Å². The van der Waals surface area contributed by atoms with Gasteiger partial charge in [-0.3, -0.25) is 4.68 Å². The molecular formula is C15H20N4O2. The van der Waals surface area contributed by atoms with Crippen molar-refractivity contribution < 1.29 is 9.90 Å². The fourth-order valence-electron chi connectivity index (χ4n) is 2.29. The van der Waals surface area contributed by atoms with E-state index in [2.05, 4.69) is 10.00 Å². The molecule has 0 aliphatic carbocycles. The topological polar surface area (TPSA) is 84.4 Å². The molecule has 0 amide bonds. The minimum absolute atomic E-state index is 0.208. The molecule has 1 heterocycles. The molecule has 0 atom stereocenters. The molecule has 2 rings (SSSR count). The predicted molar refractivity (Wildman–Crippen MR) is 82.6 cm³/mol. The number of rotatable bonds is 6. The lowest BCUT2D eigenvalue weighted by Crippen LogP contribution is -2.26. The minimum atomic E-state index is -0.966. The van der Waals surface area contributed by atoms with Crippen molar-refractivity contribution in [3.8, 4) is 0 Å². The molecule has 6 nitrogen and oxygen atoms in total. The summed E-state index contributed by atoms with van der Waals surface area (Å²) in [5.41, 5.74) is 8.71. The van der Waals surface area contributed by atoms with Gasteiger partial charge in [0, 0.05) is 26.3 Å². The molecule has 1 aromatic carbocycles. The number of likely N-dealkylation sites (N-methyl/N-ethyl adjacent to an activating group) is 1. The second-order valence-electron chi connectivity index (χ2n) is 4.93. The summed E-state index contributed by atoms with van der Waals surface area (Å²) in [6.45, 7) is 3.66. The summed E-state index contributed by atoms with van der Waals surface area (Å²) in [5.74, 6) is -0.966. The quantitative estimate of drug-likeness (QED) is 0.791. The summed E-state index contributed by atoms with van der Waals surface area (Å²) in [4.78, 5) is 13.1. The van der Waals surface area contributed by atoms with E-state index in [1.165, 1.54) is 6.07 Å². The van der Waals surface area contributed by atoms with Crippen LogP contribution in [0.2, 0.25) is 0 Å². The maximum absolute atomic E-state index is 10.9. The van der Waals surface area contributed by atoms with Gasteiger partial charge in [0.05, 0.1) is 23.1 Å². The van der Waals surface area contributed by atoms with Gasteiger partial charge in [-0.1, -0.05) is 0 Å². The molecule has 0 fully saturated rings. The molecule has 2 aromatic rings. The van der Waals surface area contributed by atoms with Gasteiger partial charge < -0.3 is 15.7 Å². The standard InChI is InChI=1S/C15H20N4O2/c1-3-19(7-6-11-9-17-18(2)10-11)14-5-4-12(15(20)21)8-13(14)16/h4-5,8-10H,3,6-7,16H2,1-2H3,(H,20,21). The SMILES string of the molecule is CCN(CCc1cnn(C)c1)c1ccc(C(=O)O)cc1N. The first-order valence-corrected chi connectivity index (χ1v) is 6.86. The molecular weight excluding hydrogens is 268 g/mol. The summed E-state index contributed by atoms with van der Waals surface area (Å²) in [6.07, 6.45) is 4.71. The van der Waals surface area contributed by atoms with Gasteiger partial charge in [0.25, 0.3) is 0 Å². The van der Waals surface area contributed by atoms with Gasteiger partial charge in [-0.05, 0) is 37.1 Å². The first-order chi connectivity index (χ1) is 10.0. The molecule has 112 valence electrons. The van der Waals surface area contributed by atoms with E-state index in [4.69, 9.17) is 10.8 Å². The number of anilines is 2. The smallest absolute Gasteiger partial charge is 0.335 e. The van der Waals surface area contributed by atoms with Crippen LogP contribution in [0.25, 0.3) is 0 Å². The summed E-state index contributed by atoms with van der Waals surface area (Å²) < 4.78 is 1.78. The third-order valence-electron chi connectivity index (χ3n) is 3.43. The number of hydrogen-bond acceptors (Lipinski definition) is 4. The van der Waals surface area contributed by atoms with Crippen molar-refractivity contribution in [1.82, 2.24) is 9.78 Å². The second-order valence-corrected chi connectivity index (χ2v) is 4.93. The Hall–Kier alpha value is -2.50. The minimum Gasteiger partial charge on any atom is -0.478 e. The highest BCUT2D eigenvalue weighted by Gasteiger charge is 2.11. The number of benzene rings is 1. The summed E-state index contributed by atoms with van der Waals surface area (Å²) in [6, 6.07) is 4.86. The Morgan fingerprint density at radius 2 is 2.24 bits per heavy atom. The third kappa shape index (κ3) is 3.53. The lowest BCUT2D eigenvalue weighted by molar-refractivity contribution is 0.0697. The van der Waals surface area contributed by atoms with Crippen LogP contribution in [0.4, 0.5) is 11.4 Å². The van der Waals surface area contributed by atoms with Crippen LogP contribution in [-0.4, -0.2) is 33.9 Å². The number of carboxylic acids is 1. The largest absolute Gasteiger partial charge is 0.478 e. The van der Waals surface area contributed by atoms with Crippen LogP contribution in [0.5, 0.6) is 0 Å². The molecule has 6 heteroatoms. The van der Waals surface area contributed by atoms with Crippen molar-refractivity contribution in [2.24, 2.45) is 7.05 Å². The Morgan fingerprint density at radius 1 is 1.48 bits per heavy atom. The van der Waals surface area contributed by atoms with Crippen molar-refractivity contribution in [2.75, 3.05) is 23.7 Å². The summed E-state index contributed by atoms with van der Waals surface area (Å²) in [7, 11) is 1.89. The highest BCUT2D eigenvalue weighted by Crippen LogP contribution is 2.24. The molecule has 0 saturated heterocycles. The first kappa shape index (κ1) is 14.9. The average Bonchev–Trinajstić information content (AvgIpc) is 2.86. The van der Waals surface area contributed by atoms with E-state index in [0.717, 1.165) is 30.8 Å². The normalized spacial score (nSPS) is 10.6. The number of nitrogens with zero attached hydrogens (tertiary/aromatic N) is 3. The second kappa shape index (κ2) is 6.30. The van der Waals surface area contributed by atoms with Gasteiger partial charge in [-0.25, -0.2) is 4.79 Å². The van der Waals surface area contributed by atoms with Crippen molar-refractivity contribution in [1.29, 1.82) is 0 Å². The molecule has 21 heavy (non-hydrogen) atoms. The molecule has 0 radical (unpaired) electrons. The van der Waals surface area contributed by atoms with Crippen molar-refractivity contribution in [3.63, 3.8) is 0 Å². The number of aromatic nitrogens is 2. The molecule has 0 unspecified atom stereocenters. The van der Waals surface area contributed by atoms with Gasteiger partial charge in [0.15, 0.2) is 0 Å². The van der Waals surface area contributed by atoms with Crippen molar-refractivity contribution >= 4 is 17.3 Å². The molecule has 0 bridgehead atoms. The van der Waals surface area contributed by atoms with E-state index in [0.29, 0.717) is 5.69 Å². The zero-order chi connectivity index (χ0) is 15.4. The van der Waals surface area contributed by atoms with E-state index in [-0.39, 0.29) is 5.56 Å². The third-order valence-corrected chi connectivity index (χ3v) is 3.43. The average molecular weight is 288 g/mol. The van der Waals surface area contributed by atoms with E-state index < -0.39 is 5.97 Å². The number of carboxylic acid groups (broad SMARTS) is 1. The van der Waals surface area contributed by atoms with Gasteiger partial charge in [0.2, 0.25) is 0 Å². The highest BCUT2D eigenvalue weighted by atomic mass is 16.4. The van der Waals surface area contributed by atoms with Crippen LogP contribution < -0.4 is 10.6 Å². The summed E-state index contributed by atoms with van der Waals surface area (Å²) >= 11 is 0. The Kier molecular flexibility index (Phi) is 4.47. The van der Waals surface area contributed by atoms with Gasteiger partial charge in [-0.2, -0.15) is 5.10 Å². The Morgan fingerprint density at radius 3 is 2.76 bits per heavy atom. The monoisotopic (exact) mass is 288 g/mol. The maximum Gasteiger partial charge on any atom is 0.335 e. The highest BCUT2D eigenvalue weighted by molar-refractivity contribution is 5.90. The van der Waals surface area contributed by atoms with E-state index in [1.54, 1.807) is 16.8 Å². The fraction of sp³-hybridized carbons (Fsp3) is 0.333. The Labute approximate surface area is 123 Å².